The van der Waals surface area contributed by atoms with Gasteiger partial charge in [-0.2, -0.15) is 13.1 Å². The van der Waals surface area contributed by atoms with Gasteiger partial charge in [0.25, 0.3) is 10.2 Å². The quantitative estimate of drug-likeness (QED) is 0.558. The molecule has 0 saturated carbocycles. The molecule has 0 amide bonds. The minimum atomic E-state index is -3.47. The maximum absolute atomic E-state index is 11.2. The summed E-state index contributed by atoms with van der Waals surface area (Å²) in [6.45, 7) is 5.28. The summed E-state index contributed by atoms with van der Waals surface area (Å²) < 4.78 is 27.1. The van der Waals surface area contributed by atoms with Crippen molar-refractivity contribution in [3.8, 4) is 0 Å². The van der Waals surface area contributed by atoms with E-state index in [4.69, 9.17) is 5.11 Å². The molecule has 0 bridgehead atoms. The number of aliphatic hydroxyl groups excluding tert-OH is 1. The second-order valence-electron chi connectivity index (χ2n) is 3.18. The van der Waals surface area contributed by atoms with Crippen LogP contribution in [-0.2, 0) is 10.2 Å². The second kappa shape index (κ2) is 4.90. The van der Waals surface area contributed by atoms with Gasteiger partial charge < -0.3 is 5.11 Å². The zero-order chi connectivity index (χ0) is 10.5. The molecule has 0 radical (unpaired) electrons. The van der Waals surface area contributed by atoms with Crippen molar-refractivity contribution >= 4 is 10.2 Å². The van der Waals surface area contributed by atoms with E-state index in [2.05, 4.69) is 9.44 Å². The Morgan fingerprint density at radius 1 is 1.38 bits per heavy atom. The third-order valence-corrected chi connectivity index (χ3v) is 3.27. The molecular formula is C7H18N2O3S. The van der Waals surface area contributed by atoms with Crippen molar-refractivity contribution in [1.29, 1.82) is 0 Å². The Balaban J connectivity index is 4.40. The van der Waals surface area contributed by atoms with Crippen LogP contribution < -0.4 is 9.44 Å². The number of hydrogen-bond donors (Lipinski definition) is 3. The average Bonchev–Trinajstić information content (AvgIpc) is 2.03. The van der Waals surface area contributed by atoms with E-state index in [1.54, 1.807) is 13.8 Å². The number of rotatable bonds is 6. The maximum atomic E-state index is 11.2. The smallest absolute Gasteiger partial charge is 0.277 e. The first-order chi connectivity index (χ1) is 5.89. The first-order valence-electron chi connectivity index (χ1n) is 4.28. The predicted octanol–water partition coefficient (Wildman–Crippen LogP) is -0.409. The van der Waals surface area contributed by atoms with E-state index in [1.807, 2.05) is 6.92 Å². The van der Waals surface area contributed by atoms with Crippen LogP contribution in [0.4, 0.5) is 0 Å². The van der Waals surface area contributed by atoms with E-state index in [1.165, 1.54) is 0 Å². The Kier molecular flexibility index (Phi) is 4.83. The van der Waals surface area contributed by atoms with Gasteiger partial charge in [-0.05, 0) is 13.3 Å². The van der Waals surface area contributed by atoms with Crippen molar-refractivity contribution in [2.75, 3.05) is 13.2 Å². The molecule has 0 aliphatic heterocycles. The largest absolute Gasteiger partial charge is 0.394 e. The normalized spacial score (nSPS) is 16.9. The van der Waals surface area contributed by atoms with Gasteiger partial charge in [0.1, 0.15) is 0 Å². The molecule has 0 heterocycles. The predicted molar refractivity (Wildman–Crippen MR) is 51.5 cm³/mol. The summed E-state index contributed by atoms with van der Waals surface area (Å²) in [6, 6.07) is 0. The van der Waals surface area contributed by atoms with Crippen molar-refractivity contribution in [2.24, 2.45) is 0 Å². The molecule has 6 heteroatoms. The molecule has 0 fully saturated rings. The SMILES string of the molecule is CCNS(=O)(=O)NC(C)(CC)CO. The molecule has 0 saturated heterocycles. The summed E-state index contributed by atoms with van der Waals surface area (Å²) in [5, 5.41) is 8.96. The summed E-state index contributed by atoms with van der Waals surface area (Å²) in [7, 11) is -3.47. The lowest BCUT2D eigenvalue weighted by Gasteiger charge is -2.26. The van der Waals surface area contributed by atoms with Crippen LogP contribution in [-0.4, -0.2) is 32.2 Å². The van der Waals surface area contributed by atoms with Gasteiger partial charge in [-0.25, -0.2) is 4.72 Å². The van der Waals surface area contributed by atoms with Gasteiger partial charge in [-0.3, -0.25) is 0 Å². The molecule has 0 aromatic carbocycles. The van der Waals surface area contributed by atoms with Gasteiger partial charge in [0.05, 0.1) is 12.1 Å². The molecule has 0 aliphatic carbocycles. The summed E-state index contributed by atoms with van der Waals surface area (Å²) >= 11 is 0. The Morgan fingerprint density at radius 2 is 1.92 bits per heavy atom. The molecule has 3 N–H and O–H groups in total. The monoisotopic (exact) mass is 210 g/mol. The van der Waals surface area contributed by atoms with Gasteiger partial charge in [-0.1, -0.05) is 13.8 Å². The lowest BCUT2D eigenvalue weighted by molar-refractivity contribution is 0.190. The fourth-order valence-electron chi connectivity index (χ4n) is 0.767. The molecule has 1 unspecified atom stereocenters. The third-order valence-electron chi connectivity index (χ3n) is 1.84. The first-order valence-corrected chi connectivity index (χ1v) is 5.77. The second-order valence-corrected chi connectivity index (χ2v) is 4.68. The Morgan fingerprint density at radius 3 is 2.23 bits per heavy atom. The van der Waals surface area contributed by atoms with Crippen molar-refractivity contribution in [3.05, 3.63) is 0 Å². The molecule has 0 aromatic rings. The van der Waals surface area contributed by atoms with Gasteiger partial charge in [0.15, 0.2) is 0 Å². The first kappa shape index (κ1) is 12.8. The number of nitrogens with one attached hydrogen (secondary N) is 2. The van der Waals surface area contributed by atoms with E-state index in [0.717, 1.165) is 0 Å². The molecule has 0 rings (SSSR count). The van der Waals surface area contributed by atoms with Crippen LogP contribution in [0.25, 0.3) is 0 Å². The molecule has 0 aliphatic rings. The van der Waals surface area contributed by atoms with Crippen LogP contribution in [0.2, 0.25) is 0 Å². The lowest BCUT2D eigenvalue weighted by atomic mass is 10.0. The van der Waals surface area contributed by atoms with Gasteiger partial charge in [0, 0.05) is 6.54 Å². The van der Waals surface area contributed by atoms with Gasteiger partial charge in [0.2, 0.25) is 0 Å². The van der Waals surface area contributed by atoms with Crippen molar-refractivity contribution < 1.29 is 13.5 Å². The van der Waals surface area contributed by atoms with E-state index in [-0.39, 0.29) is 6.61 Å². The topological polar surface area (TPSA) is 78.4 Å². The minimum Gasteiger partial charge on any atom is -0.394 e. The number of hydrogen-bond acceptors (Lipinski definition) is 3. The van der Waals surface area contributed by atoms with Crippen LogP contribution in [0.1, 0.15) is 27.2 Å². The molecule has 0 aromatic heterocycles. The minimum absolute atomic E-state index is 0.214. The Hall–Kier alpha value is -0.170. The van der Waals surface area contributed by atoms with Crippen LogP contribution in [0.5, 0.6) is 0 Å². The van der Waals surface area contributed by atoms with Crippen LogP contribution in [0.15, 0.2) is 0 Å². The summed E-state index contributed by atoms with van der Waals surface area (Å²) in [5.74, 6) is 0. The van der Waals surface area contributed by atoms with E-state index in [9.17, 15) is 8.42 Å². The molecule has 80 valence electrons. The third kappa shape index (κ3) is 4.56. The summed E-state index contributed by atoms with van der Waals surface area (Å²) in [5.41, 5.74) is -0.777. The Labute approximate surface area is 79.7 Å². The fraction of sp³-hybridized carbons (Fsp3) is 1.00. The highest BCUT2D eigenvalue weighted by atomic mass is 32.2. The highest BCUT2D eigenvalue weighted by Crippen LogP contribution is 2.08. The average molecular weight is 210 g/mol. The fourth-order valence-corrected chi connectivity index (χ4v) is 2.08. The maximum Gasteiger partial charge on any atom is 0.277 e. The van der Waals surface area contributed by atoms with Gasteiger partial charge >= 0.3 is 0 Å². The van der Waals surface area contributed by atoms with E-state index in [0.29, 0.717) is 13.0 Å². The molecular weight excluding hydrogens is 192 g/mol. The highest BCUT2D eigenvalue weighted by Gasteiger charge is 2.26. The summed E-state index contributed by atoms with van der Waals surface area (Å²) in [6.07, 6.45) is 0.536. The molecule has 1 atom stereocenters. The zero-order valence-electron chi connectivity index (χ0n) is 8.29. The van der Waals surface area contributed by atoms with Gasteiger partial charge in [-0.15, -0.1) is 0 Å². The molecule has 5 nitrogen and oxygen atoms in total. The Bertz CT molecular complexity index is 234. The van der Waals surface area contributed by atoms with Crippen LogP contribution in [0, 0.1) is 0 Å². The molecule has 0 spiro atoms. The van der Waals surface area contributed by atoms with Crippen LogP contribution in [0.3, 0.4) is 0 Å². The van der Waals surface area contributed by atoms with E-state index < -0.39 is 15.7 Å². The highest BCUT2D eigenvalue weighted by molar-refractivity contribution is 7.87. The van der Waals surface area contributed by atoms with Crippen molar-refractivity contribution in [2.45, 2.75) is 32.7 Å². The lowest BCUT2D eigenvalue weighted by Crippen LogP contribution is -2.52. The summed E-state index contributed by atoms with van der Waals surface area (Å²) in [4.78, 5) is 0. The number of aliphatic hydroxyl groups is 1. The zero-order valence-corrected chi connectivity index (χ0v) is 9.11. The van der Waals surface area contributed by atoms with E-state index >= 15 is 0 Å². The van der Waals surface area contributed by atoms with Crippen LogP contribution >= 0.6 is 0 Å². The molecule has 13 heavy (non-hydrogen) atoms. The van der Waals surface area contributed by atoms with Crippen molar-refractivity contribution in [3.63, 3.8) is 0 Å². The standard InChI is InChI=1S/C7H18N2O3S/c1-4-7(3,6-10)9-13(11,12)8-5-2/h8-10H,4-6H2,1-3H3. The van der Waals surface area contributed by atoms with Crippen molar-refractivity contribution in [1.82, 2.24) is 9.44 Å².